The SMILES string of the molecule is O=C1CC2(CCCN(CCCc3cnc4ncnn4c3)CC2)Oc2ccccc21. The molecule has 7 nitrogen and oxygen atoms in total. The van der Waals surface area contributed by atoms with E-state index in [1.54, 1.807) is 4.52 Å². The van der Waals surface area contributed by atoms with E-state index in [1.165, 1.54) is 11.9 Å². The number of benzene rings is 1. The molecular formula is C22H25N5O2. The van der Waals surface area contributed by atoms with Crippen LogP contribution in [-0.2, 0) is 6.42 Å². The van der Waals surface area contributed by atoms with E-state index in [0.717, 1.165) is 63.1 Å². The zero-order valence-corrected chi connectivity index (χ0v) is 16.5. The lowest BCUT2D eigenvalue weighted by Crippen LogP contribution is -2.42. The van der Waals surface area contributed by atoms with E-state index in [2.05, 4.69) is 20.0 Å². The molecule has 7 heteroatoms. The topological polar surface area (TPSA) is 72.6 Å². The number of aryl methyl sites for hydroxylation is 1. The zero-order chi connectivity index (χ0) is 19.7. The molecule has 0 saturated carbocycles. The van der Waals surface area contributed by atoms with Gasteiger partial charge in [-0.2, -0.15) is 10.1 Å². The van der Waals surface area contributed by atoms with Crippen molar-refractivity contribution in [2.24, 2.45) is 0 Å². The molecule has 4 heterocycles. The number of fused-ring (bicyclic) bond motifs is 2. The summed E-state index contributed by atoms with van der Waals surface area (Å²) in [6, 6.07) is 7.65. The Morgan fingerprint density at radius 1 is 1.14 bits per heavy atom. The largest absolute Gasteiger partial charge is 0.486 e. The van der Waals surface area contributed by atoms with Crippen LogP contribution < -0.4 is 4.74 Å². The monoisotopic (exact) mass is 391 g/mol. The molecule has 3 aromatic rings. The van der Waals surface area contributed by atoms with Crippen molar-refractivity contribution in [3.8, 4) is 5.75 Å². The number of hydrogen-bond donors (Lipinski definition) is 0. The number of aromatic nitrogens is 4. The summed E-state index contributed by atoms with van der Waals surface area (Å²) in [6.07, 6.45) is 10.9. The molecule has 0 amide bonds. The second-order valence-electron chi connectivity index (χ2n) is 8.15. The van der Waals surface area contributed by atoms with E-state index < -0.39 is 0 Å². The summed E-state index contributed by atoms with van der Waals surface area (Å²) < 4.78 is 8.12. The van der Waals surface area contributed by atoms with E-state index in [9.17, 15) is 4.79 Å². The smallest absolute Gasteiger partial charge is 0.252 e. The van der Waals surface area contributed by atoms with E-state index in [0.29, 0.717) is 12.2 Å². The molecule has 5 rings (SSSR count). The molecule has 0 radical (unpaired) electrons. The number of para-hydroxylation sites is 1. The molecule has 29 heavy (non-hydrogen) atoms. The van der Waals surface area contributed by atoms with E-state index in [-0.39, 0.29) is 11.4 Å². The van der Waals surface area contributed by atoms with E-state index in [4.69, 9.17) is 4.74 Å². The fourth-order valence-corrected chi connectivity index (χ4v) is 4.56. The standard InChI is InChI=1S/C22H25N5O2/c28-19-13-22(29-20-7-2-1-6-18(19)20)8-4-11-26(12-9-22)10-3-5-17-14-23-21-24-16-25-27(21)15-17/h1-2,6-7,14-16H,3-5,8-13H2. The quantitative estimate of drug-likeness (QED) is 0.681. The first-order valence-corrected chi connectivity index (χ1v) is 10.4. The van der Waals surface area contributed by atoms with Crippen molar-refractivity contribution in [2.75, 3.05) is 19.6 Å². The second kappa shape index (κ2) is 7.55. The third-order valence-electron chi connectivity index (χ3n) is 6.11. The van der Waals surface area contributed by atoms with Crippen LogP contribution in [0.4, 0.5) is 0 Å². The summed E-state index contributed by atoms with van der Waals surface area (Å²) in [5, 5.41) is 4.15. The van der Waals surface area contributed by atoms with Crippen LogP contribution in [0.25, 0.3) is 5.78 Å². The molecule has 2 aliphatic rings. The van der Waals surface area contributed by atoms with Crippen molar-refractivity contribution in [3.63, 3.8) is 0 Å². The van der Waals surface area contributed by atoms with Crippen LogP contribution in [0.3, 0.4) is 0 Å². The van der Waals surface area contributed by atoms with Gasteiger partial charge in [0.1, 0.15) is 17.7 Å². The molecular weight excluding hydrogens is 366 g/mol. The predicted octanol–water partition coefficient (Wildman–Crippen LogP) is 2.95. The van der Waals surface area contributed by atoms with Crippen LogP contribution in [-0.4, -0.2) is 55.5 Å². The van der Waals surface area contributed by atoms with Gasteiger partial charge in [-0.05, 0) is 56.5 Å². The number of ketones is 1. The Kier molecular flexibility index (Phi) is 4.75. The molecule has 1 spiro atoms. The van der Waals surface area contributed by atoms with Crippen molar-refractivity contribution in [3.05, 3.63) is 54.1 Å². The summed E-state index contributed by atoms with van der Waals surface area (Å²) in [5.41, 5.74) is 1.58. The van der Waals surface area contributed by atoms with E-state index >= 15 is 0 Å². The van der Waals surface area contributed by atoms with Crippen molar-refractivity contribution >= 4 is 11.6 Å². The number of ether oxygens (including phenoxy) is 1. The van der Waals surface area contributed by atoms with Gasteiger partial charge >= 0.3 is 0 Å². The number of rotatable bonds is 4. The number of nitrogens with zero attached hydrogens (tertiary/aromatic N) is 5. The number of hydrogen-bond acceptors (Lipinski definition) is 6. The molecule has 0 bridgehead atoms. The Balaban J connectivity index is 1.18. The van der Waals surface area contributed by atoms with Gasteiger partial charge in [0, 0.05) is 25.4 Å². The summed E-state index contributed by atoms with van der Waals surface area (Å²) in [4.78, 5) is 23.6. The highest BCUT2D eigenvalue weighted by molar-refractivity contribution is 6.00. The molecule has 1 fully saturated rings. The van der Waals surface area contributed by atoms with Crippen LogP contribution in [0.1, 0.15) is 48.0 Å². The normalized spacial score (nSPS) is 22.4. The molecule has 1 aromatic carbocycles. The number of Topliss-reactive ketones (excluding diaryl/α,β-unsaturated/α-hetero) is 1. The molecule has 2 aliphatic heterocycles. The summed E-state index contributed by atoms with van der Waals surface area (Å²) in [7, 11) is 0. The van der Waals surface area contributed by atoms with Crippen molar-refractivity contribution < 1.29 is 9.53 Å². The lowest BCUT2D eigenvalue weighted by atomic mass is 9.84. The highest BCUT2D eigenvalue weighted by Gasteiger charge is 2.41. The maximum Gasteiger partial charge on any atom is 0.252 e. The third kappa shape index (κ3) is 3.74. The lowest BCUT2D eigenvalue weighted by molar-refractivity contribution is 0.0300. The highest BCUT2D eigenvalue weighted by Crippen LogP contribution is 2.39. The number of carbonyl (C=O) groups excluding carboxylic acids is 1. The van der Waals surface area contributed by atoms with Crippen molar-refractivity contribution in [2.45, 2.75) is 44.1 Å². The number of likely N-dealkylation sites (tertiary alicyclic amines) is 1. The second-order valence-corrected chi connectivity index (χ2v) is 8.15. The summed E-state index contributed by atoms with van der Waals surface area (Å²) >= 11 is 0. The summed E-state index contributed by atoms with van der Waals surface area (Å²) in [5.74, 6) is 1.61. The van der Waals surface area contributed by atoms with Gasteiger partial charge in [-0.25, -0.2) is 9.50 Å². The van der Waals surface area contributed by atoms with Crippen LogP contribution in [0.15, 0.2) is 43.0 Å². The number of carbonyl (C=O) groups is 1. The molecule has 1 saturated heterocycles. The van der Waals surface area contributed by atoms with Gasteiger partial charge in [0.2, 0.25) is 0 Å². The fourth-order valence-electron chi connectivity index (χ4n) is 4.56. The minimum absolute atomic E-state index is 0.219. The van der Waals surface area contributed by atoms with Crippen LogP contribution in [0.5, 0.6) is 5.75 Å². The minimum atomic E-state index is -0.331. The third-order valence-corrected chi connectivity index (χ3v) is 6.11. The van der Waals surface area contributed by atoms with Crippen LogP contribution >= 0.6 is 0 Å². The average Bonchev–Trinajstić information content (AvgIpc) is 3.11. The summed E-state index contributed by atoms with van der Waals surface area (Å²) in [6.45, 7) is 3.06. The highest BCUT2D eigenvalue weighted by atomic mass is 16.5. The van der Waals surface area contributed by atoms with Gasteiger partial charge in [-0.15, -0.1) is 0 Å². The first-order valence-electron chi connectivity index (χ1n) is 10.4. The van der Waals surface area contributed by atoms with Crippen LogP contribution in [0, 0.1) is 0 Å². The van der Waals surface area contributed by atoms with Gasteiger partial charge in [0.25, 0.3) is 5.78 Å². The molecule has 1 unspecified atom stereocenters. The van der Waals surface area contributed by atoms with Crippen molar-refractivity contribution in [1.82, 2.24) is 24.5 Å². The molecule has 0 N–H and O–H groups in total. The molecule has 0 aliphatic carbocycles. The van der Waals surface area contributed by atoms with Crippen molar-refractivity contribution in [1.29, 1.82) is 0 Å². The average molecular weight is 391 g/mol. The molecule has 1 atom stereocenters. The lowest BCUT2D eigenvalue weighted by Gasteiger charge is -2.37. The fraction of sp³-hybridized carbons (Fsp3) is 0.455. The van der Waals surface area contributed by atoms with Gasteiger partial charge in [0.05, 0.1) is 12.0 Å². The first-order chi connectivity index (χ1) is 14.2. The Labute approximate surface area is 169 Å². The van der Waals surface area contributed by atoms with Gasteiger partial charge in [-0.1, -0.05) is 12.1 Å². The maximum absolute atomic E-state index is 12.6. The van der Waals surface area contributed by atoms with Gasteiger partial charge < -0.3 is 9.64 Å². The zero-order valence-electron chi connectivity index (χ0n) is 16.5. The van der Waals surface area contributed by atoms with Gasteiger partial charge in [-0.3, -0.25) is 4.79 Å². The van der Waals surface area contributed by atoms with E-state index in [1.807, 2.05) is 36.7 Å². The molecule has 2 aromatic heterocycles. The predicted molar refractivity (Wildman–Crippen MR) is 108 cm³/mol. The maximum atomic E-state index is 12.6. The first kappa shape index (κ1) is 18.2. The Morgan fingerprint density at radius 2 is 2.07 bits per heavy atom. The Hall–Kier alpha value is -2.80. The van der Waals surface area contributed by atoms with Gasteiger partial charge in [0.15, 0.2) is 5.78 Å². The minimum Gasteiger partial charge on any atom is -0.486 e. The van der Waals surface area contributed by atoms with Crippen LogP contribution in [0.2, 0.25) is 0 Å². The molecule has 150 valence electrons. The Morgan fingerprint density at radius 3 is 3.03 bits per heavy atom. The Bertz CT molecular complexity index is 1030.